The van der Waals surface area contributed by atoms with Crippen molar-refractivity contribution in [1.29, 1.82) is 0 Å². The molecular weight excluding hydrogens is 266 g/mol. The zero-order valence-electron chi connectivity index (χ0n) is 12.6. The molecule has 0 saturated carbocycles. The van der Waals surface area contributed by atoms with Crippen molar-refractivity contribution in [3.63, 3.8) is 0 Å². The number of benzene rings is 2. The molecule has 0 aliphatic rings. The summed E-state index contributed by atoms with van der Waals surface area (Å²) in [5, 5.41) is 4.25. The summed E-state index contributed by atoms with van der Waals surface area (Å²) in [4.78, 5) is 0. The van der Waals surface area contributed by atoms with Gasteiger partial charge in [0.2, 0.25) is 0 Å². The molecule has 1 nitrogen and oxygen atoms in total. The van der Waals surface area contributed by atoms with Gasteiger partial charge in [-0.05, 0) is 68.1 Å². The molecule has 0 saturated heterocycles. The highest BCUT2D eigenvalue weighted by atomic mass is 35.5. The Morgan fingerprint density at radius 3 is 2.45 bits per heavy atom. The normalized spacial score (nSPS) is 12.4. The molecule has 0 radical (unpaired) electrons. The van der Waals surface area contributed by atoms with Gasteiger partial charge in [-0.2, -0.15) is 0 Å². The fourth-order valence-corrected chi connectivity index (χ4v) is 2.72. The lowest BCUT2D eigenvalue weighted by Gasteiger charge is -2.20. The third-order valence-corrected chi connectivity index (χ3v) is 4.45. The lowest BCUT2D eigenvalue weighted by molar-refractivity contribution is 0.589. The maximum Gasteiger partial charge on any atom is 0.0438 e. The molecule has 1 N–H and O–H groups in total. The predicted molar refractivity (Wildman–Crippen MR) is 87.6 cm³/mol. The molecular formula is C18H22ClN. The number of aryl methyl sites for hydroxylation is 2. The van der Waals surface area contributed by atoms with E-state index in [-0.39, 0.29) is 6.04 Å². The van der Waals surface area contributed by atoms with Gasteiger partial charge in [0, 0.05) is 11.1 Å². The Balaban J connectivity index is 2.28. The third-order valence-electron chi connectivity index (χ3n) is 4.04. The van der Waals surface area contributed by atoms with Crippen LogP contribution in [0.4, 0.5) is 0 Å². The Hall–Kier alpha value is -1.31. The van der Waals surface area contributed by atoms with Crippen molar-refractivity contribution in [3.8, 4) is 0 Å². The summed E-state index contributed by atoms with van der Waals surface area (Å²) in [5.41, 5.74) is 6.48. The summed E-state index contributed by atoms with van der Waals surface area (Å²) >= 11 is 6.24. The van der Waals surface area contributed by atoms with E-state index in [9.17, 15) is 0 Å². The summed E-state index contributed by atoms with van der Waals surface area (Å²) < 4.78 is 0. The SMILES string of the molecule is CNC(Cc1ccc(C)c(C)c1)c1cccc(Cl)c1C. The molecule has 0 heterocycles. The van der Waals surface area contributed by atoms with Crippen LogP contribution in [-0.4, -0.2) is 7.05 Å². The topological polar surface area (TPSA) is 12.0 Å². The van der Waals surface area contributed by atoms with Crippen molar-refractivity contribution in [1.82, 2.24) is 5.32 Å². The molecule has 0 bridgehead atoms. The predicted octanol–water partition coefficient (Wildman–Crippen LogP) is 4.77. The van der Waals surface area contributed by atoms with Gasteiger partial charge in [-0.25, -0.2) is 0 Å². The molecule has 2 aromatic carbocycles. The van der Waals surface area contributed by atoms with E-state index in [4.69, 9.17) is 11.6 Å². The minimum absolute atomic E-state index is 0.288. The van der Waals surface area contributed by atoms with E-state index >= 15 is 0 Å². The van der Waals surface area contributed by atoms with E-state index in [1.807, 2.05) is 19.2 Å². The van der Waals surface area contributed by atoms with Gasteiger partial charge in [-0.3, -0.25) is 0 Å². The minimum atomic E-state index is 0.288. The van der Waals surface area contributed by atoms with Crippen molar-refractivity contribution >= 4 is 11.6 Å². The summed E-state index contributed by atoms with van der Waals surface area (Å²) in [5.74, 6) is 0. The van der Waals surface area contributed by atoms with Gasteiger partial charge in [0.1, 0.15) is 0 Å². The maximum absolute atomic E-state index is 6.24. The van der Waals surface area contributed by atoms with Crippen molar-refractivity contribution in [2.24, 2.45) is 0 Å². The fraction of sp³-hybridized carbons (Fsp3) is 0.333. The molecule has 0 spiro atoms. The first-order chi connectivity index (χ1) is 9.52. The third kappa shape index (κ3) is 3.23. The lowest BCUT2D eigenvalue weighted by Crippen LogP contribution is -2.20. The zero-order valence-corrected chi connectivity index (χ0v) is 13.4. The second-order valence-electron chi connectivity index (χ2n) is 5.42. The van der Waals surface area contributed by atoms with Gasteiger partial charge in [0.05, 0.1) is 0 Å². The number of nitrogens with one attached hydrogen (secondary N) is 1. The highest BCUT2D eigenvalue weighted by Gasteiger charge is 2.14. The number of rotatable bonds is 4. The molecule has 0 amide bonds. The van der Waals surface area contributed by atoms with Crippen LogP contribution >= 0.6 is 11.6 Å². The Labute approximate surface area is 127 Å². The van der Waals surface area contributed by atoms with Crippen LogP contribution in [0.2, 0.25) is 5.02 Å². The Kier molecular flexibility index (Phi) is 4.85. The monoisotopic (exact) mass is 287 g/mol. The van der Waals surface area contributed by atoms with Crippen molar-refractivity contribution in [2.75, 3.05) is 7.05 Å². The second kappa shape index (κ2) is 6.43. The maximum atomic E-state index is 6.24. The smallest absolute Gasteiger partial charge is 0.0438 e. The van der Waals surface area contributed by atoms with Crippen LogP contribution in [0.3, 0.4) is 0 Å². The summed E-state index contributed by atoms with van der Waals surface area (Å²) in [6.07, 6.45) is 0.971. The molecule has 2 rings (SSSR count). The number of hydrogen-bond donors (Lipinski definition) is 1. The van der Waals surface area contributed by atoms with Gasteiger partial charge < -0.3 is 5.32 Å². The fourth-order valence-electron chi connectivity index (χ4n) is 2.54. The van der Waals surface area contributed by atoms with E-state index < -0.39 is 0 Å². The first kappa shape index (κ1) is 15.1. The van der Waals surface area contributed by atoms with Gasteiger partial charge in [0.15, 0.2) is 0 Å². The second-order valence-corrected chi connectivity index (χ2v) is 5.83. The molecule has 0 aromatic heterocycles. The lowest BCUT2D eigenvalue weighted by atomic mass is 9.94. The number of halogens is 1. The van der Waals surface area contributed by atoms with Crippen molar-refractivity contribution in [2.45, 2.75) is 33.2 Å². The van der Waals surface area contributed by atoms with Crippen LogP contribution in [-0.2, 0) is 6.42 Å². The molecule has 0 aliphatic heterocycles. The van der Waals surface area contributed by atoms with Crippen LogP contribution in [0.25, 0.3) is 0 Å². The van der Waals surface area contributed by atoms with E-state index in [1.54, 1.807) is 0 Å². The first-order valence-electron chi connectivity index (χ1n) is 7.01. The van der Waals surface area contributed by atoms with Crippen molar-refractivity contribution in [3.05, 3.63) is 69.2 Å². The standard InChI is InChI=1S/C18H22ClN/c1-12-8-9-15(10-13(12)2)11-18(20-4)16-6-5-7-17(19)14(16)3/h5-10,18,20H,11H2,1-4H3. The summed E-state index contributed by atoms with van der Waals surface area (Å²) in [7, 11) is 2.01. The largest absolute Gasteiger partial charge is 0.313 e. The van der Waals surface area contributed by atoms with E-state index in [2.05, 4.69) is 50.4 Å². The van der Waals surface area contributed by atoms with Crippen LogP contribution < -0.4 is 5.32 Å². The molecule has 20 heavy (non-hydrogen) atoms. The molecule has 1 unspecified atom stereocenters. The van der Waals surface area contributed by atoms with Crippen LogP contribution in [0.5, 0.6) is 0 Å². The average Bonchev–Trinajstić information content (AvgIpc) is 2.43. The highest BCUT2D eigenvalue weighted by molar-refractivity contribution is 6.31. The van der Waals surface area contributed by atoms with E-state index in [0.717, 1.165) is 17.0 Å². The van der Waals surface area contributed by atoms with Crippen LogP contribution in [0.15, 0.2) is 36.4 Å². The van der Waals surface area contributed by atoms with E-state index in [1.165, 1.54) is 22.3 Å². The van der Waals surface area contributed by atoms with Gasteiger partial charge in [-0.1, -0.05) is 41.9 Å². The zero-order chi connectivity index (χ0) is 14.7. The molecule has 106 valence electrons. The molecule has 2 heteroatoms. The van der Waals surface area contributed by atoms with Crippen molar-refractivity contribution < 1.29 is 0 Å². The molecule has 2 aromatic rings. The van der Waals surface area contributed by atoms with Gasteiger partial charge in [-0.15, -0.1) is 0 Å². The molecule has 0 aliphatic carbocycles. The highest BCUT2D eigenvalue weighted by Crippen LogP contribution is 2.26. The number of likely N-dealkylation sites (N-methyl/N-ethyl adjacent to an activating group) is 1. The number of hydrogen-bond acceptors (Lipinski definition) is 1. The van der Waals surface area contributed by atoms with E-state index in [0.29, 0.717) is 0 Å². The van der Waals surface area contributed by atoms with Crippen LogP contribution in [0.1, 0.15) is 33.9 Å². The average molecular weight is 288 g/mol. The van der Waals surface area contributed by atoms with Crippen LogP contribution in [0, 0.1) is 20.8 Å². The molecule has 1 atom stereocenters. The Morgan fingerprint density at radius 1 is 1.05 bits per heavy atom. The first-order valence-corrected chi connectivity index (χ1v) is 7.39. The molecule has 0 fully saturated rings. The van der Waals surface area contributed by atoms with Gasteiger partial charge >= 0.3 is 0 Å². The Bertz CT molecular complexity index is 604. The minimum Gasteiger partial charge on any atom is -0.313 e. The van der Waals surface area contributed by atoms with Gasteiger partial charge in [0.25, 0.3) is 0 Å². The quantitative estimate of drug-likeness (QED) is 0.854. The summed E-state index contributed by atoms with van der Waals surface area (Å²) in [6, 6.07) is 13.1. The summed E-state index contributed by atoms with van der Waals surface area (Å²) in [6.45, 7) is 6.40. The Morgan fingerprint density at radius 2 is 1.80 bits per heavy atom.